The Morgan fingerprint density at radius 2 is 1.91 bits per heavy atom. The van der Waals surface area contributed by atoms with Crippen LogP contribution in [0, 0.1) is 0 Å². The van der Waals surface area contributed by atoms with Crippen LogP contribution in [0.2, 0.25) is 5.02 Å². The number of aromatic nitrogens is 4. The second kappa shape index (κ2) is 9.32. The second-order valence-corrected chi connectivity index (χ2v) is 11.5. The largest absolute Gasteiger partial charge is 0.389 e. The number of amides is 1. The molecule has 0 aliphatic carbocycles. The van der Waals surface area contributed by atoms with Crippen molar-refractivity contribution in [3.8, 4) is 11.3 Å². The summed E-state index contributed by atoms with van der Waals surface area (Å²) in [6.07, 6.45) is 4.85. The number of halogens is 1. The number of sulfone groups is 1. The van der Waals surface area contributed by atoms with Gasteiger partial charge in [0.25, 0.3) is 0 Å². The fourth-order valence-electron chi connectivity index (χ4n) is 3.56. The minimum atomic E-state index is -3.20. The molecule has 180 valence electrons. The molecule has 0 radical (unpaired) electrons. The minimum absolute atomic E-state index is 0.0177. The van der Waals surface area contributed by atoms with Gasteiger partial charge < -0.3 is 15.3 Å². The highest BCUT2D eigenvalue weighted by atomic mass is 35.5. The summed E-state index contributed by atoms with van der Waals surface area (Å²) < 4.78 is 25.3. The van der Waals surface area contributed by atoms with Crippen LogP contribution in [0.5, 0.6) is 0 Å². The van der Waals surface area contributed by atoms with E-state index in [4.69, 9.17) is 11.6 Å². The number of carbonyl (C=O) groups is 1. The molecule has 0 unspecified atom stereocenters. The van der Waals surface area contributed by atoms with E-state index in [-0.39, 0.29) is 30.4 Å². The fourth-order valence-corrected chi connectivity index (χ4v) is 4.91. The maximum Gasteiger partial charge on any atom is 0.228 e. The van der Waals surface area contributed by atoms with Gasteiger partial charge in [-0.1, -0.05) is 11.6 Å². The van der Waals surface area contributed by atoms with E-state index in [1.807, 2.05) is 0 Å². The maximum absolute atomic E-state index is 12.4. The van der Waals surface area contributed by atoms with Gasteiger partial charge >= 0.3 is 0 Å². The number of nitrogens with one attached hydrogen (secondary N) is 1. The van der Waals surface area contributed by atoms with E-state index in [9.17, 15) is 18.3 Å². The molecule has 12 heteroatoms. The Bertz CT molecular complexity index is 1300. The fraction of sp³-hybridized carbons (Fsp3) is 0.364. The van der Waals surface area contributed by atoms with Gasteiger partial charge in [-0.15, -0.1) is 0 Å². The van der Waals surface area contributed by atoms with Crippen molar-refractivity contribution >= 4 is 44.7 Å². The predicted octanol–water partition coefficient (Wildman–Crippen LogP) is 2.66. The predicted molar refractivity (Wildman–Crippen MR) is 130 cm³/mol. The number of carbonyl (C=O) groups excluding carboxylic acids is 1. The number of anilines is 3. The zero-order valence-corrected chi connectivity index (χ0v) is 20.3. The highest BCUT2D eigenvalue weighted by Gasteiger charge is 2.25. The van der Waals surface area contributed by atoms with Crippen LogP contribution in [0.1, 0.15) is 20.3 Å². The molecular weight excluding hydrogens is 480 g/mol. The van der Waals surface area contributed by atoms with E-state index in [0.29, 0.717) is 40.1 Å². The van der Waals surface area contributed by atoms with Crippen molar-refractivity contribution < 1.29 is 18.3 Å². The Morgan fingerprint density at radius 3 is 2.62 bits per heavy atom. The van der Waals surface area contributed by atoms with Crippen LogP contribution < -0.4 is 10.2 Å². The molecular formula is C22H25ClN6O4S. The van der Waals surface area contributed by atoms with Crippen LogP contribution in [0.15, 0.2) is 42.9 Å². The molecule has 1 aromatic carbocycles. The topological polar surface area (TPSA) is 130 Å². The molecule has 0 saturated carbocycles. The summed E-state index contributed by atoms with van der Waals surface area (Å²) in [6, 6.07) is 7.02. The molecule has 2 N–H and O–H groups in total. The number of hydrogen-bond acceptors (Lipinski definition) is 8. The van der Waals surface area contributed by atoms with Crippen molar-refractivity contribution in [3.05, 3.63) is 47.9 Å². The lowest BCUT2D eigenvalue weighted by molar-refractivity contribution is -0.118. The summed E-state index contributed by atoms with van der Waals surface area (Å²) in [6.45, 7) is 3.85. The molecule has 3 heterocycles. The van der Waals surface area contributed by atoms with Gasteiger partial charge in [0.05, 0.1) is 46.8 Å². The number of hydrogen-bond donors (Lipinski definition) is 2. The summed E-state index contributed by atoms with van der Waals surface area (Å²) in [5.74, 6) is -0.0570. The van der Waals surface area contributed by atoms with Gasteiger partial charge in [-0.2, -0.15) is 5.10 Å². The van der Waals surface area contributed by atoms with Crippen LogP contribution in [-0.2, 0) is 21.2 Å². The van der Waals surface area contributed by atoms with Crippen LogP contribution in [0.3, 0.4) is 0 Å². The Balaban J connectivity index is 1.50. The molecule has 2 aromatic heterocycles. The second-order valence-electron chi connectivity index (χ2n) is 8.75. The van der Waals surface area contributed by atoms with Gasteiger partial charge in [0, 0.05) is 36.1 Å². The molecule has 1 aliphatic rings. The van der Waals surface area contributed by atoms with Crippen LogP contribution in [0.4, 0.5) is 17.3 Å². The summed E-state index contributed by atoms with van der Waals surface area (Å²) >= 11 is 6.31. The van der Waals surface area contributed by atoms with Crippen molar-refractivity contribution in [2.75, 3.05) is 28.3 Å². The van der Waals surface area contributed by atoms with Crippen molar-refractivity contribution in [2.45, 2.75) is 32.4 Å². The van der Waals surface area contributed by atoms with Gasteiger partial charge in [-0.25, -0.2) is 18.4 Å². The SMILES string of the molecule is CC(C)(O)Cn1cc(-c2nc(Nc3ccc(N4CCS(=O)(=O)CCC4=O)cc3)ncc2Cl)cn1. The quantitative estimate of drug-likeness (QED) is 0.524. The van der Waals surface area contributed by atoms with E-state index in [0.717, 1.165) is 0 Å². The Labute approximate surface area is 202 Å². The molecule has 0 atom stereocenters. The lowest BCUT2D eigenvalue weighted by Gasteiger charge is -2.20. The molecule has 0 bridgehead atoms. The van der Waals surface area contributed by atoms with E-state index in [2.05, 4.69) is 20.4 Å². The van der Waals surface area contributed by atoms with Crippen LogP contribution >= 0.6 is 11.6 Å². The monoisotopic (exact) mass is 504 g/mol. The number of aliphatic hydroxyl groups is 1. The third kappa shape index (κ3) is 5.91. The van der Waals surface area contributed by atoms with Crippen molar-refractivity contribution in [2.24, 2.45) is 0 Å². The number of rotatable bonds is 6. The summed E-state index contributed by atoms with van der Waals surface area (Å²) in [7, 11) is -3.20. The molecule has 3 aromatic rings. The summed E-state index contributed by atoms with van der Waals surface area (Å²) in [4.78, 5) is 22.6. The van der Waals surface area contributed by atoms with E-state index < -0.39 is 15.4 Å². The lowest BCUT2D eigenvalue weighted by atomic mass is 10.1. The van der Waals surface area contributed by atoms with E-state index in [1.54, 1.807) is 55.2 Å². The van der Waals surface area contributed by atoms with Crippen molar-refractivity contribution in [3.63, 3.8) is 0 Å². The van der Waals surface area contributed by atoms with Gasteiger partial charge in [-0.3, -0.25) is 9.48 Å². The number of nitrogens with zero attached hydrogens (tertiary/aromatic N) is 5. The van der Waals surface area contributed by atoms with Gasteiger partial charge in [-0.05, 0) is 38.1 Å². The minimum Gasteiger partial charge on any atom is -0.389 e. The smallest absolute Gasteiger partial charge is 0.228 e. The first-order valence-electron chi connectivity index (χ1n) is 10.6. The molecule has 4 rings (SSSR count). The molecule has 1 aliphatic heterocycles. The molecule has 0 spiro atoms. The van der Waals surface area contributed by atoms with Gasteiger partial charge in [0.2, 0.25) is 11.9 Å². The zero-order valence-electron chi connectivity index (χ0n) is 18.8. The first-order valence-corrected chi connectivity index (χ1v) is 12.8. The lowest BCUT2D eigenvalue weighted by Crippen LogP contribution is -2.31. The summed E-state index contributed by atoms with van der Waals surface area (Å²) in [5.41, 5.74) is 1.58. The average Bonchev–Trinajstić information content (AvgIpc) is 3.15. The molecule has 10 nitrogen and oxygen atoms in total. The Hall–Kier alpha value is -3.02. The normalized spacial score (nSPS) is 16.4. The van der Waals surface area contributed by atoms with E-state index >= 15 is 0 Å². The van der Waals surface area contributed by atoms with Crippen molar-refractivity contribution in [1.82, 2.24) is 19.7 Å². The number of benzene rings is 1. The van der Waals surface area contributed by atoms with Gasteiger partial charge in [0.15, 0.2) is 9.84 Å². The van der Waals surface area contributed by atoms with Crippen molar-refractivity contribution in [1.29, 1.82) is 0 Å². The average molecular weight is 505 g/mol. The zero-order chi connectivity index (χ0) is 24.5. The summed E-state index contributed by atoms with van der Waals surface area (Å²) in [5, 5.41) is 17.7. The highest BCUT2D eigenvalue weighted by Crippen LogP contribution is 2.28. The highest BCUT2D eigenvalue weighted by molar-refractivity contribution is 7.91. The first kappa shape index (κ1) is 24.1. The molecule has 1 saturated heterocycles. The van der Waals surface area contributed by atoms with E-state index in [1.165, 1.54) is 11.1 Å². The standard InChI is InChI=1S/C22H25ClN6O4S/c1-22(2,31)14-28-13-15(11-25-28)20-18(23)12-24-21(27-20)26-16-3-5-17(6-4-16)29-8-10-34(32,33)9-7-19(29)30/h3-6,11-13,31H,7-10,14H2,1-2H3,(H,24,26,27). The third-order valence-corrected chi connectivity index (χ3v) is 7.10. The molecule has 1 amide bonds. The molecule has 1 fully saturated rings. The Morgan fingerprint density at radius 1 is 1.18 bits per heavy atom. The maximum atomic E-state index is 12.4. The van der Waals surface area contributed by atoms with Crippen LogP contribution in [-0.4, -0.2) is 62.8 Å². The first-order chi connectivity index (χ1) is 16.0. The molecule has 34 heavy (non-hydrogen) atoms. The Kier molecular flexibility index (Phi) is 6.61. The third-order valence-electron chi connectivity index (χ3n) is 5.19. The van der Waals surface area contributed by atoms with Crippen LogP contribution in [0.25, 0.3) is 11.3 Å². The van der Waals surface area contributed by atoms with Gasteiger partial charge in [0.1, 0.15) is 0 Å².